The first-order valence-corrected chi connectivity index (χ1v) is 4.88. The van der Waals surface area contributed by atoms with Crippen molar-refractivity contribution in [2.24, 2.45) is 5.73 Å². The summed E-state index contributed by atoms with van der Waals surface area (Å²) in [5, 5.41) is 9.22. The fourth-order valence-electron chi connectivity index (χ4n) is 0.936. The first kappa shape index (κ1) is 13.7. The SMILES string of the molecule is Cc1coc(CNC(C)(C)C)c1.N=CN. The molecule has 0 saturated carbocycles. The second-order valence-corrected chi connectivity index (χ2v) is 4.36. The topological polar surface area (TPSA) is 75.0 Å². The third-order valence-electron chi connectivity index (χ3n) is 1.58. The van der Waals surface area contributed by atoms with Crippen molar-refractivity contribution >= 4 is 6.34 Å². The molecule has 0 atom stereocenters. The monoisotopic (exact) mass is 211 g/mol. The smallest absolute Gasteiger partial charge is 0.117 e. The maximum absolute atomic E-state index is 5.86. The Labute approximate surface area is 91.4 Å². The second-order valence-electron chi connectivity index (χ2n) is 4.36. The molecule has 0 aliphatic carbocycles. The van der Waals surface area contributed by atoms with Crippen LogP contribution < -0.4 is 11.1 Å². The Hall–Kier alpha value is -1.29. The highest BCUT2D eigenvalue weighted by molar-refractivity contribution is 5.46. The molecule has 4 heteroatoms. The molecule has 4 N–H and O–H groups in total. The van der Waals surface area contributed by atoms with E-state index in [1.807, 2.05) is 6.92 Å². The number of hydrogen-bond donors (Lipinski definition) is 3. The van der Waals surface area contributed by atoms with Crippen LogP contribution in [0, 0.1) is 12.3 Å². The van der Waals surface area contributed by atoms with Crippen LogP contribution in [0.5, 0.6) is 0 Å². The molecule has 0 fully saturated rings. The quantitative estimate of drug-likeness (QED) is 0.517. The molecule has 0 aliphatic heterocycles. The van der Waals surface area contributed by atoms with Crippen molar-refractivity contribution in [3.63, 3.8) is 0 Å². The minimum atomic E-state index is 0.153. The van der Waals surface area contributed by atoms with E-state index in [1.165, 1.54) is 5.56 Å². The molecule has 0 saturated heterocycles. The molecule has 1 rings (SSSR count). The van der Waals surface area contributed by atoms with Crippen LogP contribution in [0.15, 0.2) is 16.7 Å². The molecular weight excluding hydrogens is 190 g/mol. The van der Waals surface area contributed by atoms with Crippen molar-refractivity contribution in [1.29, 1.82) is 5.41 Å². The summed E-state index contributed by atoms with van der Waals surface area (Å²) in [5.74, 6) is 1.00. The number of hydrogen-bond acceptors (Lipinski definition) is 3. The normalized spacial score (nSPS) is 10.4. The number of furan rings is 1. The summed E-state index contributed by atoms with van der Waals surface area (Å²) in [4.78, 5) is 0. The lowest BCUT2D eigenvalue weighted by molar-refractivity contribution is 0.388. The van der Waals surface area contributed by atoms with E-state index in [0.29, 0.717) is 0 Å². The highest BCUT2D eigenvalue weighted by Crippen LogP contribution is 2.07. The van der Waals surface area contributed by atoms with Crippen molar-refractivity contribution in [2.45, 2.75) is 39.8 Å². The van der Waals surface area contributed by atoms with E-state index in [9.17, 15) is 0 Å². The number of rotatable bonds is 2. The lowest BCUT2D eigenvalue weighted by atomic mass is 10.1. The molecular formula is C11H21N3O. The first-order chi connectivity index (χ1) is 6.89. The minimum absolute atomic E-state index is 0.153. The summed E-state index contributed by atoms with van der Waals surface area (Å²) in [6, 6.07) is 2.05. The van der Waals surface area contributed by atoms with Crippen molar-refractivity contribution < 1.29 is 4.42 Å². The zero-order valence-electron chi connectivity index (χ0n) is 9.92. The highest BCUT2D eigenvalue weighted by Gasteiger charge is 2.09. The van der Waals surface area contributed by atoms with Gasteiger partial charge >= 0.3 is 0 Å². The molecule has 0 radical (unpaired) electrons. The number of aryl methyl sites for hydroxylation is 1. The molecule has 1 aromatic heterocycles. The first-order valence-electron chi connectivity index (χ1n) is 4.88. The van der Waals surface area contributed by atoms with Gasteiger partial charge in [-0.2, -0.15) is 0 Å². The van der Waals surface area contributed by atoms with Gasteiger partial charge < -0.3 is 15.5 Å². The summed E-state index contributed by atoms with van der Waals surface area (Å²) in [5.41, 5.74) is 5.72. The Bertz CT molecular complexity index is 286. The van der Waals surface area contributed by atoms with E-state index in [2.05, 4.69) is 37.9 Å². The van der Waals surface area contributed by atoms with E-state index >= 15 is 0 Å². The summed E-state index contributed by atoms with van der Waals surface area (Å²) in [6.45, 7) is 9.26. The third-order valence-corrected chi connectivity index (χ3v) is 1.58. The molecule has 86 valence electrons. The molecule has 1 aromatic rings. The van der Waals surface area contributed by atoms with E-state index < -0.39 is 0 Å². The van der Waals surface area contributed by atoms with E-state index in [0.717, 1.165) is 18.6 Å². The van der Waals surface area contributed by atoms with Crippen LogP contribution in [0.2, 0.25) is 0 Å². The molecule has 1 heterocycles. The van der Waals surface area contributed by atoms with Gasteiger partial charge in [-0.3, -0.25) is 5.41 Å². The van der Waals surface area contributed by atoms with Gasteiger partial charge in [0, 0.05) is 5.54 Å². The largest absolute Gasteiger partial charge is 0.468 e. The average Bonchev–Trinajstić information content (AvgIpc) is 2.48. The Balaban J connectivity index is 0.000000583. The van der Waals surface area contributed by atoms with Gasteiger partial charge in [0.1, 0.15) is 5.76 Å². The third kappa shape index (κ3) is 7.76. The van der Waals surface area contributed by atoms with Gasteiger partial charge in [-0.05, 0) is 39.3 Å². The molecule has 15 heavy (non-hydrogen) atoms. The molecule has 4 nitrogen and oxygen atoms in total. The highest BCUT2D eigenvalue weighted by atomic mass is 16.3. The zero-order valence-corrected chi connectivity index (χ0v) is 9.92. The van der Waals surface area contributed by atoms with Crippen LogP contribution in [0.25, 0.3) is 0 Å². The van der Waals surface area contributed by atoms with Crippen molar-refractivity contribution in [3.8, 4) is 0 Å². The van der Waals surface area contributed by atoms with Crippen LogP contribution >= 0.6 is 0 Å². The predicted molar refractivity (Wildman–Crippen MR) is 63.0 cm³/mol. The van der Waals surface area contributed by atoms with Gasteiger partial charge in [0.2, 0.25) is 0 Å². The molecule has 0 aromatic carbocycles. The Morgan fingerprint density at radius 2 is 2.07 bits per heavy atom. The van der Waals surface area contributed by atoms with E-state index in [4.69, 9.17) is 9.83 Å². The molecule has 0 bridgehead atoms. The summed E-state index contributed by atoms with van der Waals surface area (Å²) < 4.78 is 5.30. The Morgan fingerprint density at radius 1 is 1.53 bits per heavy atom. The molecule has 0 unspecified atom stereocenters. The summed E-state index contributed by atoms with van der Waals surface area (Å²) in [6.07, 6.45) is 2.53. The van der Waals surface area contributed by atoms with Crippen LogP contribution in [0.1, 0.15) is 32.1 Å². The van der Waals surface area contributed by atoms with Crippen molar-refractivity contribution in [1.82, 2.24) is 5.32 Å². The van der Waals surface area contributed by atoms with Gasteiger partial charge in [-0.1, -0.05) is 0 Å². The van der Waals surface area contributed by atoms with Gasteiger partial charge in [0.25, 0.3) is 0 Å². The number of nitrogens with one attached hydrogen (secondary N) is 2. The molecule has 0 spiro atoms. The predicted octanol–water partition coefficient (Wildman–Crippen LogP) is 2.03. The van der Waals surface area contributed by atoms with Crippen molar-refractivity contribution in [2.75, 3.05) is 0 Å². The van der Waals surface area contributed by atoms with Gasteiger partial charge in [0.05, 0.1) is 19.1 Å². The fourth-order valence-corrected chi connectivity index (χ4v) is 0.936. The Kier molecular flexibility index (Phi) is 5.70. The molecule has 0 amide bonds. The number of nitrogens with two attached hydrogens (primary N) is 1. The maximum Gasteiger partial charge on any atom is 0.117 e. The Morgan fingerprint density at radius 3 is 2.40 bits per heavy atom. The van der Waals surface area contributed by atoms with Crippen LogP contribution in [0.3, 0.4) is 0 Å². The molecule has 0 aliphatic rings. The maximum atomic E-state index is 5.86. The summed E-state index contributed by atoms with van der Waals surface area (Å²) in [7, 11) is 0. The lowest BCUT2D eigenvalue weighted by Crippen LogP contribution is -2.34. The van der Waals surface area contributed by atoms with E-state index in [-0.39, 0.29) is 5.54 Å². The van der Waals surface area contributed by atoms with Crippen LogP contribution in [-0.2, 0) is 6.54 Å². The standard InChI is InChI=1S/C10H17NO.CH4N2/c1-8-5-9(12-7-8)6-11-10(2,3)4;2-1-3/h5,7,11H,6H2,1-4H3;1H,(H3,2,3). The van der Waals surface area contributed by atoms with Crippen molar-refractivity contribution in [3.05, 3.63) is 23.7 Å². The average molecular weight is 211 g/mol. The van der Waals surface area contributed by atoms with Gasteiger partial charge in [-0.15, -0.1) is 0 Å². The summed E-state index contributed by atoms with van der Waals surface area (Å²) >= 11 is 0. The van der Waals surface area contributed by atoms with Crippen LogP contribution in [0.4, 0.5) is 0 Å². The second kappa shape index (κ2) is 6.24. The minimum Gasteiger partial charge on any atom is -0.468 e. The zero-order chi connectivity index (χ0) is 11.9. The lowest BCUT2D eigenvalue weighted by Gasteiger charge is -2.19. The van der Waals surface area contributed by atoms with Crippen LogP contribution in [-0.4, -0.2) is 11.9 Å². The fraction of sp³-hybridized carbons (Fsp3) is 0.545. The van der Waals surface area contributed by atoms with Gasteiger partial charge in [-0.25, -0.2) is 0 Å². The van der Waals surface area contributed by atoms with Gasteiger partial charge in [0.15, 0.2) is 0 Å². The van der Waals surface area contributed by atoms with E-state index in [1.54, 1.807) is 6.26 Å².